The fraction of sp³-hybridized carbons (Fsp3) is 0.316. The summed E-state index contributed by atoms with van der Waals surface area (Å²) in [6.45, 7) is 10.2. The molecule has 2 rings (SSSR count). The number of rotatable bonds is 4. The Morgan fingerprint density at radius 3 is 1.68 bits per heavy atom. The normalized spacial score (nSPS) is 12.1. The van der Waals surface area contributed by atoms with E-state index in [2.05, 4.69) is 25.5 Å². The molecule has 0 bridgehead atoms. The van der Waals surface area contributed by atoms with Crippen molar-refractivity contribution in [3.63, 3.8) is 0 Å². The Hall–Kier alpha value is -2.42. The number of carbonyl (C=O) groups is 1. The second-order valence-corrected chi connectivity index (χ2v) is 12.4. The molecule has 0 spiro atoms. The molecule has 0 aliphatic heterocycles. The summed E-state index contributed by atoms with van der Waals surface area (Å²) < 4.78 is 77.1. The van der Waals surface area contributed by atoms with Crippen LogP contribution in [0.25, 0.3) is 0 Å². The molecule has 0 aliphatic carbocycles. The Kier molecular flexibility index (Phi) is 5.89. The zero-order chi connectivity index (χ0) is 21.4. The maximum absolute atomic E-state index is 13.6. The third kappa shape index (κ3) is 4.19. The van der Waals surface area contributed by atoms with Gasteiger partial charge in [0.25, 0.3) is 0 Å². The highest BCUT2D eigenvalue weighted by Gasteiger charge is 2.39. The van der Waals surface area contributed by atoms with Crippen molar-refractivity contribution in [2.24, 2.45) is 0 Å². The first-order valence-electron chi connectivity index (χ1n) is 8.29. The molecule has 0 atom stereocenters. The molecule has 0 saturated heterocycles. The van der Waals surface area contributed by atoms with E-state index in [-0.39, 0.29) is 10.6 Å². The summed E-state index contributed by atoms with van der Waals surface area (Å²) in [6, 6.07) is 5.49. The predicted octanol–water partition coefficient (Wildman–Crippen LogP) is 5.99. The molecule has 2 aromatic carbocycles. The van der Waals surface area contributed by atoms with Crippen LogP contribution < -0.4 is 9.16 Å². The number of halogens is 5. The highest BCUT2D eigenvalue weighted by Crippen LogP contribution is 2.37. The fourth-order valence-corrected chi connectivity index (χ4v) is 2.96. The van der Waals surface area contributed by atoms with Crippen molar-refractivity contribution in [1.29, 1.82) is 0 Å². The van der Waals surface area contributed by atoms with Crippen LogP contribution in [0.15, 0.2) is 24.3 Å². The standard InChI is InChI=1S/C19H19F5O3Si/c1-19(2,3)28(4,5)27-11-8-6-10(7-9-11)18(25)26-17-15(23)13(21)12(20)14(22)16(17)24/h6-9H,1-5H3. The second kappa shape index (κ2) is 7.54. The molecule has 0 N–H and O–H groups in total. The Bertz CT molecular complexity index is 876. The summed E-state index contributed by atoms with van der Waals surface area (Å²) in [7, 11) is -2.12. The first kappa shape index (κ1) is 21.9. The van der Waals surface area contributed by atoms with Crippen LogP contribution >= 0.6 is 0 Å². The number of hydrogen-bond acceptors (Lipinski definition) is 3. The molecular formula is C19H19F5O3Si. The molecule has 0 radical (unpaired) electrons. The molecule has 3 nitrogen and oxygen atoms in total. The molecular weight excluding hydrogens is 399 g/mol. The van der Waals surface area contributed by atoms with Crippen molar-refractivity contribution in [3.8, 4) is 11.5 Å². The van der Waals surface area contributed by atoms with E-state index in [4.69, 9.17) is 4.43 Å². The van der Waals surface area contributed by atoms with Gasteiger partial charge in [0.2, 0.25) is 43.2 Å². The summed E-state index contributed by atoms with van der Waals surface area (Å²) in [5.41, 5.74) is -0.147. The van der Waals surface area contributed by atoms with E-state index < -0.39 is 49.1 Å². The Balaban J connectivity index is 2.24. The van der Waals surface area contributed by atoms with Gasteiger partial charge in [-0.25, -0.2) is 18.0 Å². The van der Waals surface area contributed by atoms with Crippen LogP contribution in [0, 0.1) is 29.1 Å². The highest BCUT2D eigenvalue weighted by atomic mass is 28.4. The molecule has 0 aromatic heterocycles. The first-order valence-corrected chi connectivity index (χ1v) is 11.2. The number of benzene rings is 2. The zero-order valence-corrected chi connectivity index (χ0v) is 16.9. The predicted molar refractivity (Wildman–Crippen MR) is 95.5 cm³/mol. The number of hydrogen-bond donors (Lipinski definition) is 0. The lowest BCUT2D eigenvalue weighted by atomic mass is 10.2. The molecule has 152 valence electrons. The van der Waals surface area contributed by atoms with Gasteiger partial charge in [-0.05, 0) is 42.4 Å². The Morgan fingerprint density at radius 1 is 0.821 bits per heavy atom. The zero-order valence-electron chi connectivity index (χ0n) is 15.9. The van der Waals surface area contributed by atoms with E-state index in [0.717, 1.165) is 0 Å². The van der Waals surface area contributed by atoms with Crippen LogP contribution in [0.1, 0.15) is 31.1 Å². The number of carbonyl (C=O) groups excluding carboxylic acids is 1. The van der Waals surface area contributed by atoms with Crippen molar-refractivity contribution in [1.82, 2.24) is 0 Å². The largest absolute Gasteiger partial charge is 0.544 e. The molecule has 0 fully saturated rings. The van der Waals surface area contributed by atoms with E-state index in [0.29, 0.717) is 5.75 Å². The first-order chi connectivity index (χ1) is 12.8. The summed E-state index contributed by atoms with van der Waals surface area (Å²) in [6.07, 6.45) is 0. The molecule has 2 aromatic rings. The van der Waals surface area contributed by atoms with Gasteiger partial charge < -0.3 is 9.16 Å². The smallest absolute Gasteiger partial charge is 0.343 e. The quantitative estimate of drug-likeness (QED) is 0.153. The van der Waals surface area contributed by atoms with E-state index in [1.54, 1.807) is 0 Å². The van der Waals surface area contributed by atoms with Crippen LogP contribution in [-0.4, -0.2) is 14.3 Å². The monoisotopic (exact) mass is 418 g/mol. The average Bonchev–Trinajstić information content (AvgIpc) is 2.61. The summed E-state index contributed by atoms with van der Waals surface area (Å²) in [5, 5.41) is -0.0591. The lowest BCUT2D eigenvalue weighted by Crippen LogP contribution is -2.43. The van der Waals surface area contributed by atoms with Crippen LogP contribution in [0.5, 0.6) is 11.5 Å². The minimum Gasteiger partial charge on any atom is -0.544 e. The van der Waals surface area contributed by atoms with Crippen LogP contribution in [0.4, 0.5) is 22.0 Å². The van der Waals surface area contributed by atoms with Gasteiger partial charge in [0, 0.05) is 0 Å². The second-order valence-electron chi connectivity index (χ2n) is 7.68. The van der Waals surface area contributed by atoms with Crippen molar-refractivity contribution >= 4 is 14.3 Å². The van der Waals surface area contributed by atoms with Gasteiger partial charge in [0.15, 0.2) is 0 Å². The topological polar surface area (TPSA) is 35.5 Å². The van der Waals surface area contributed by atoms with Gasteiger partial charge in [-0.1, -0.05) is 20.8 Å². The van der Waals surface area contributed by atoms with Crippen molar-refractivity contribution in [2.75, 3.05) is 0 Å². The minimum absolute atomic E-state index is 0.0591. The molecule has 0 unspecified atom stereocenters. The van der Waals surface area contributed by atoms with Crippen LogP contribution in [0.2, 0.25) is 18.1 Å². The Labute approximate surface area is 160 Å². The van der Waals surface area contributed by atoms with E-state index >= 15 is 0 Å². The molecule has 9 heteroatoms. The maximum atomic E-state index is 13.6. The van der Waals surface area contributed by atoms with Gasteiger partial charge >= 0.3 is 5.97 Å². The van der Waals surface area contributed by atoms with E-state index in [1.807, 2.05) is 13.1 Å². The van der Waals surface area contributed by atoms with Crippen molar-refractivity contribution < 1.29 is 35.9 Å². The van der Waals surface area contributed by atoms with Gasteiger partial charge in [-0.3, -0.25) is 0 Å². The van der Waals surface area contributed by atoms with E-state index in [9.17, 15) is 26.7 Å². The SMILES string of the molecule is CC(C)(C)[Si](C)(C)Oc1ccc(C(=O)Oc2c(F)c(F)c(F)c(F)c2F)cc1. The van der Waals surface area contributed by atoms with Gasteiger partial charge in [-0.2, -0.15) is 8.78 Å². The maximum Gasteiger partial charge on any atom is 0.343 e. The molecule has 28 heavy (non-hydrogen) atoms. The van der Waals surface area contributed by atoms with Crippen LogP contribution in [0.3, 0.4) is 0 Å². The summed E-state index contributed by atoms with van der Waals surface area (Å²) >= 11 is 0. The van der Waals surface area contributed by atoms with E-state index in [1.165, 1.54) is 24.3 Å². The third-order valence-corrected chi connectivity index (χ3v) is 8.99. The third-order valence-electron chi connectivity index (χ3n) is 4.63. The minimum atomic E-state index is -2.33. The molecule has 0 amide bonds. The lowest BCUT2D eigenvalue weighted by Gasteiger charge is -2.36. The number of ether oxygens (including phenoxy) is 1. The van der Waals surface area contributed by atoms with Crippen molar-refractivity contribution in [2.45, 2.75) is 38.9 Å². The Morgan fingerprint density at radius 2 is 1.25 bits per heavy atom. The van der Waals surface area contributed by atoms with Gasteiger partial charge in [-0.15, -0.1) is 0 Å². The van der Waals surface area contributed by atoms with Crippen molar-refractivity contribution in [3.05, 3.63) is 58.9 Å². The lowest BCUT2D eigenvalue weighted by molar-refractivity contribution is 0.0716. The average molecular weight is 418 g/mol. The molecule has 0 saturated carbocycles. The summed E-state index contributed by atoms with van der Waals surface area (Å²) in [5.74, 6) is -13.6. The molecule has 0 aliphatic rings. The molecule has 0 heterocycles. The fourth-order valence-electron chi connectivity index (χ4n) is 1.93. The summed E-state index contributed by atoms with van der Waals surface area (Å²) in [4.78, 5) is 12.1. The van der Waals surface area contributed by atoms with Gasteiger partial charge in [0.1, 0.15) is 5.75 Å². The number of esters is 1. The highest BCUT2D eigenvalue weighted by molar-refractivity contribution is 6.74. The van der Waals surface area contributed by atoms with Gasteiger partial charge in [0.05, 0.1) is 5.56 Å². The van der Waals surface area contributed by atoms with Crippen LogP contribution in [-0.2, 0) is 0 Å².